The summed E-state index contributed by atoms with van der Waals surface area (Å²) in [5.41, 5.74) is 5.36. The first-order valence-electron chi connectivity index (χ1n) is 12.6. The molecule has 3 aromatic heterocycles. The van der Waals surface area contributed by atoms with Gasteiger partial charge in [-0.3, -0.25) is 0 Å². The number of hydrogen-bond donors (Lipinski definition) is 4. The van der Waals surface area contributed by atoms with E-state index in [0.29, 0.717) is 40.7 Å². The number of nitrogens with one attached hydrogen (secondary N) is 2. The average Bonchev–Trinajstić information content (AvgIpc) is 3.70. The topological polar surface area (TPSA) is 168 Å². The number of aromatic nitrogens is 7. The van der Waals surface area contributed by atoms with Crippen LogP contribution in [0.3, 0.4) is 0 Å². The molecule has 0 amide bonds. The third-order valence-electron chi connectivity index (χ3n) is 6.74. The maximum absolute atomic E-state index is 10.2. The summed E-state index contributed by atoms with van der Waals surface area (Å²) in [6.07, 6.45) is -0.397. The highest BCUT2D eigenvalue weighted by Gasteiger charge is 2.37. The molecule has 2 aromatic carbocycles. The van der Waals surface area contributed by atoms with Crippen molar-refractivity contribution in [1.82, 2.24) is 35.2 Å². The molecule has 3 atom stereocenters. The Morgan fingerprint density at radius 1 is 1.07 bits per heavy atom. The van der Waals surface area contributed by atoms with E-state index < -0.39 is 18.3 Å². The molecule has 4 heterocycles. The van der Waals surface area contributed by atoms with Crippen molar-refractivity contribution in [2.24, 2.45) is 0 Å². The molecule has 1 aliphatic heterocycles. The Hall–Kier alpha value is -4.23. The molecular weight excluding hydrogens is 536 g/mol. The molecule has 5 aromatic rings. The number of ether oxygens (including phenoxy) is 2. The number of aliphatic hydroxyl groups is 2. The Morgan fingerprint density at radius 3 is 2.45 bits per heavy atom. The van der Waals surface area contributed by atoms with Gasteiger partial charge < -0.3 is 30.1 Å². The molecule has 0 radical (unpaired) electrons. The van der Waals surface area contributed by atoms with Crippen molar-refractivity contribution in [3.63, 3.8) is 0 Å². The van der Waals surface area contributed by atoms with Crippen LogP contribution in [0.5, 0.6) is 6.01 Å². The molecule has 1 fully saturated rings. The van der Waals surface area contributed by atoms with Gasteiger partial charge in [0.25, 0.3) is 6.01 Å². The lowest BCUT2D eigenvalue weighted by Gasteiger charge is -2.15. The zero-order chi connectivity index (χ0) is 27.6. The monoisotopic (exact) mass is 560 g/mol. The molecule has 0 saturated carbocycles. The smallest absolute Gasteiger partial charge is 0.296 e. The SMILES string of the molecule is N=CCCn1nnnc1-c1ccc(-c2ccc(-c3nc4nc(OC5COC(CO)C5O)[nH]c4cc3Cl)cc2)cc1. The van der Waals surface area contributed by atoms with Crippen LogP contribution in [0.15, 0.2) is 54.6 Å². The Balaban J connectivity index is 1.19. The summed E-state index contributed by atoms with van der Waals surface area (Å²) < 4.78 is 12.8. The molecule has 6 rings (SSSR count). The average molecular weight is 561 g/mol. The van der Waals surface area contributed by atoms with Crippen molar-refractivity contribution in [3.8, 4) is 39.8 Å². The second-order valence-corrected chi connectivity index (χ2v) is 9.71. The quantitative estimate of drug-likeness (QED) is 0.198. The second kappa shape index (κ2) is 11.1. The van der Waals surface area contributed by atoms with Crippen molar-refractivity contribution >= 4 is 29.0 Å². The fourth-order valence-electron chi connectivity index (χ4n) is 4.60. The molecule has 1 saturated heterocycles. The van der Waals surface area contributed by atoms with Crippen LogP contribution in [0.2, 0.25) is 5.02 Å². The van der Waals surface area contributed by atoms with E-state index in [1.807, 2.05) is 48.5 Å². The first-order chi connectivity index (χ1) is 19.5. The number of rotatable bonds is 9. The van der Waals surface area contributed by atoms with E-state index in [0.717, 1.165) is 22.3 Å². The van der Waals surface area contributed by atoms with Crippen LogP contribution in [0.4, 0.5) is 0 Å². The van der Waals surface area contributed by atoms with Crippen LogP contribution < -0.4 is 4.74 Å². The van der Waals surface area contributed by atoms with Gasteiger partial charge in [-0.05, 0) is 33.8 Å². The highest BCUT2D eigenvalue weighted by molar-refractivity contribution is 6.33. The molecule has 4 N–H and O–H groups in total. The first-order valence-corrected chi connectivity index (χ1v) is 13.0. The fraction of sp³-hybridized carbons (Fsp3) is 0.259. The maximum atomic E-state index is 10.2. The lowest BCUT2D eigenvalue weighted by atomic mass is 10.0. The Bertz CT molecular complexity index is 1640. The number of benzene rings is 2. The number of tetrazole rings is 1. The van der Waals surface area contributed by atoms with Gasteiger partial charge in [0.2, 0.25) is 0 Å². The molecule has 3 unspecified atom stereocenters. The molecule has 1 aliphatic rings. The van der Waals surface area contributed by atoms with Crippen molar-refractivity contribution in [2.45, 2.75) is 31.3 Å². The van der Waals surface area contributed by atoms with Gasteiger partial charge in [-0.25, -0.2) is 9.67 Å². The number of imidazole rings is 1. The molecule has 40 heavy (non-hydrogen) atoms. The fourth-order valence-corrected chi connectivity index (χ4v) is 4.86. The third-order valence-corrected chi connectivity index (χ3v) is 7.02. The lowest BCUT2D eigenvalue weighted by molar-refractivity contribution is -0.00390. The number of nitrogens with zero attached hydrogens (tertiary/aromatic N) is 6. The Labute approximate surface area is 233 Å². The number of hydrogen-bond acceptors (Lipinski definition) is 10. The summed E-state index contributed by atoms with van der Waals surface area (Å²) >= 11 is 6.58. The minimum absolute atomic E-state index is 0.141. The zero-order valence-corrected chi connectivity index (χ0v) is 21.9. The second-order valence-electron chi connectivity index (χ2n) is 9.31. The molecule has 204 valence electrons. The van der Waals surface area contributed by atoms with E-state index in [1.165, 1.54) is 6.21 Å². The van der Waals surface area contributed by atoms with E-state index in [-0.39, 0.29) is 19.2 Å². The van der Waals surface area contributed by atoms with Crippen LogP contribution in [0.25, 0.3) is 44.9 Å². The van der Waals surface area contributed by atoms with Gasteiger partial charge in [0.05, 0.1) is 36.0 Å². The minimum Gasteiger partial charge on any atom is -0.456 e. The Morgan fingerprint density at radius 2 is 1.77 bits per heavy atom. The van der Waals surface area contributed by atoms with Gasteiger partial charge in [-0.2, -0.15) is 4.98 Å². The molecule has 13 heteroatoms. The summed E-state index contributed by atoms with van der Waals surface area (Å²) in [6.45, 7) is 0.399. The normalized spacial score (nSPS) is 18.8. The van der Waals surface area contributed by atoms with Gasteiger partial charge in [-0.15, -0.1) is 5.10 Å². The van der Waals surface area contributed by atoms with Crippen molar-refractivity contribution in [3.05, 3.63) is 59.6 Å². The van der Waals surface area contributed by atoms with E-state index in [1.54, 1.807) is 10.7 Å². The van der Waals surface area contributed by atoms with Crippen molar-refractivity contribution in [2.75, 3.05) is 13.2 Å². The molecular formula is C27H25ClN8O4. The van der Waals surface area contributed by atoms with Crippen LogP contribution in [0.1, 0.15) is 6.42 Å². The molecule has 0 spiro atoms. The van der Waals surface area contributed by atoms with Crippen molar-refractivity contribution < 1.29 is 19.7 Å². The van der Waals surface area contributed by atoms with Gasteiger partial charge in [0.1, 0.15) is 12.2 Å². The summed E-state index contributed by atoms with van der Waals surface area (Å²) in [7, 11) is 0. The van der Waals surface area contributed by atoms with E-state index in [2.05, 4.69) is 30.5 Å². The van der Waals surface area contributed by atoms with Gasteiger partial charge >= 0.3 is 0 Å². The standard InChI is InChI=1S/C27H25ClN8O4/c28-19-12-20-25(32-27(30-20)40-22-14-39-21(13-37)24(22)38)31-23(19)17-6-2-15(3-7-17)16-4-8-18(9-5-16)26-33-34-35-36(26)11-1-10-29/h2-10,12,21-22,24,29,37-38H,1,11,13-14H2,(H,30,31,32). The molecule has 12 nitrogen and oxygen atoms in total. The summed E-state index contributed by atoms with van der Waals surface area (Å²) in [5, 5.41) is 39.1. The molecule has 0 bridgehead atoms. The maximum Gasteiger partial charge on any atom is 0.296 e. The summed E-state index contributed by atoms with van der Waals surface area (Å²) in [6, 6.07) is 17.8. The number of H-pyrrole nitrogens is 1. The third kappa shape index (κ3) is 5.05. The van der Waals surface area contributed by atoms with E-state index >= 15 is 0 Å². The number of pyridine rings is 1. The largest absolute Gasteiger partial charge is 0.456 e. The van der Waals surface area contributed by atoms with E-state index in [4.69, 9.17) is 26.5 Å². The Kier molecular flexibility index (Phi) is 7.22. The van der Waals surface area contributed by atoms with Crippen molar-refractivity contribution in [1.29, 1.82) is 5.41 Å². The number of aliphatic hydroxyl groups excluding tert-OH is 2. The predicted molar refractivity (Wildman–Crippen MR) is 147 cm³/mol. The predicted octanol–water partition coefficient (Wildman–Crippen LogP) is 3.14. The number of aryl methyl sites for hydroxylation is 1. The highest BCUT2D eigenvalue weighted by atomic mass is 35.5. The lowest BCUT2D eigenvalue weighted by Crippen LogP contribution is -2.36. The zero-order valence-electron chi connectivity index (χ0n) is 21.1. The summed E-state index contributed by atoms with van der Waals surface area (Å²) in [5.74, 6) is 0.661. The number of fused-ring (bicyclic) bond motifs is 1. The minimum atomic E-state index is -0.963. The van der Waals surface area contributed by atoms with Gasteiger partial charge in [-0.1, -0.05) is 60.1 Å². The number of halogens is 1. The van der Waals surface area contributed by atoms with Crippen LogP contribution in [-0.4, -0.2) is 83.1 Å². The van der Waals surface area contributed by atoms with Gasteiger partial charge in [0, 0.05) is 17.5 Å². The molecule has 0 aliphatic carbocycles. The number of aromatic amines is 1. The van der Waals surface area contributed by atoms with Crippen LogP contribution in [0, 0.1) is 5.41 Å². The highest BCUT2D eigenvalue weighted by Crippen LogP contribution is 2.32. The van der Waals surface area contributed by atoms with Gasteiger partial charge in [0.15, 0.2) is 17.6 Å². The first kappa shape index (κ1) is 26.0. The van der Waals surface area contributed by atoms with E-state index in [9.17, 15) is 10.2 Å². The van der Waals surface area contributed by atoms with Crippen LogP contribution >= 0.6 is 11.6 Å². The van der Waals surface area contributed by atoms with Crippen LogP contribution in [-0.2, 0) is 11.3 Å². The summed E-state index contributed by atoms with van der Waals surface area (Å²) in [4.78, 5) is 12.1.